The Morgan fingerprint density at radius 2 is 2.00 bits per heavy atom. The summed E-state index contributed by atoms with van der Waals surface area (Å²) < 4.78 is 10.4. The molecule has 6 heteroatoms. The van der Waals surface area contributed by atoms with Gasteiger partial charge in [0, 0.05) is 18.3 Å². The van der Waals surface area contributed by atoms with Gasteiger partial charge >= 0.3 is 0 Å². The van der Waals surface area contributed by atoms with Gasteiger partial charge in [-0.3, -0.25) is 0 Å². The zero-order valence-electron chi connectivity index (χ0n) is 11.0. The van der Waals surface area contributed by atoms with Crippen molar-refractivity contribution in [1.82, 2.24) is 4.98 Å². The van der Waals surface area contributed by atoms with Crippen LogP contribution in [0.15, 0.2) is 30.5 Å². The van der Waals surface area contributed by atoms with E-state index in [0.29, 0.717) is 33.6 Å². The van der Waals surface area contributed by atoms with Crippen molar-refractivity contribution in [2.45, 2.75) is 0 Å². The van der Waals surface area contributed by atoms with Gasteiger partial charge in [0.1, 0.15) is 23.4 Å². The van der Waals surface area contributed by atoms with Crippen LogP contribution >= 0.6 is 11.6 Å². The lowest BCUT2D eigenvalue weighted by Gasteiger charge is -2.14. The minimum atomic E-state index is 0.434. The van der Waals surface area contributed by atoms with Crippen LogP contribution in [-0.2, 0) is 0 Å². The molecule has 0 fully saturated rings. The van der Waals surface area contributed by atoms with Crippen molar-refractivity contribution < 1.29 is 9.47 Å². The van der Waals surface area contributed by atoms with Crippen LogP contribution in [0.4, 0.5) is 11.5 Å². The zero-order chi connectivity index (χ0) is 14.5. The Hall–Kier alpha value is -2.45. The number of benzene rings is 1. The first-order valence-electron chi connectivity index (χ1n) is 5.73. The van der Waals surface area contributed by atoms with Crippen LogP contribution in [0.1, 0.15) is 5.56 Å². The molecule has 1 aromatic heterocycles. The molecule has 0 amide bonds. The van der Waals surface area contributed by atoms with E-state index in [1.165, 1.54) is 14.2 Å². The van der Waals surface area contributed by atoms with Gasteiger partial charge in [-0.1, -0.05) is 11.6 Å². The second kappa shape index (κ2) is 6.13. The van der Waals surface area contributed by atoms with Crippen LogP contribution in [0.2, 0.25) is 5.02 Å². The molecule has 20 heavy (non-hydrogen) atoms. The number of aromatic nitrogens is 1. The third kappa shape index (κ3) is 2.76. The Morgan fingerprint density at radius 1 is 1.25 bits per heavy atom. The number of halogens is 1. The molecule has 102 valence electrons. The summed E-state index contributed by atoms with van der Waals surface area (Å²) in [5.74, 6) is 1.48. The normalized spacial score (nSPS) is 9.70. The maximum Gasteiger partial charge on any atom is 0.148 e. The van der Waals surface area contributed by atoms with Crippen LogP contribution in [-0.4, -0.2) is 19.2 Å². The lowest BCUT2D eigenvalue weighted by Crippen LogP contribution is -2.00. The molecule has 1 N–H and O–H groups in total. The Kier molecular flexibility index (Phi) is 4.28. The van der Waals surface area contributed by atoms with E-state index in [4.69, 9.17) is 26.3 Å². The van der Waals surface area contributed by atoms with E-state index in [2.05, 4.69) is 16.4 Å². The van der Waals surface area contributed by atoms with Gasteiger partial charge in [0.25, 0.3) is 0 Å². The number of nitrogens with one attached hydrogen (secondary N) is 1. The van der Waals surface area contributed by atoms with Crippen LogP contribution in [0.25, 0.3) is 0 Å². The number of hydrogen-bond acceptors (Lipinski definition) is 5. The van der Waals surface area contributed by atoms with E-state index >= 15 is 0 Å². The van der Waals surface area contributed by atoms with Crippen molar-refractivity contribution in [1.29, 1.82) is 5.26 Å². The molecule has 0 spiro atoms. The lowest BCUT2D eigenvalue weighted by molar-refractivity contribution is 0.405. The highest BCUT2D eigenvalue weighted by Gasteiger charge is 2.12. The van der Waals surface area contributed by atoms with Gasteiger partial charge < -0.3 is 14.8 Å². The van der Waals surface area contributed by atoms with E-state index in [1.54, 1.807) is 30.5 Å². The van der Waals surface area contributed by atoms with Crippen molar-refractivity contribution >= 4 is 23.1 Å². The summed E-state index contributed by atoms with van der Waals surface area (Å²) in [7, 11) is 3.06. The predicted molar refractivity (Wildman–Crippen MR) is 76.8 cm³/mol. The molecular weight excluding hydrogens is 278 g/mol. The summed E-state index contributed by atoms with van der Waals surface area (Å²) in [5, 5.41) is 12.5. The molecule has 0 aliphatic rings. The van der Waals surface area contributed by atoms with Gasteiger partial charge in [-0.05, 0) is 12.1 Å². The number of methoxy groups -OCH3 is 2. The van der Waals surface area contributed by atoms with E-state index < -0.39 is 0 Å². The minimum absolute atomic E-state index is 0.434. The molecule has 0 saturated carbocycles. The Morgan fingerprint density at radius 3 is 2.65 bits per heavy atom. The maximum atomic E-state index is 9.06. The van der Waals surface area contributed by atoms with Crippen molar-refractivity contribution in [3.05, 3.63) is 41.0 Å². The molecule has 1 heterocycles. The molecular formula is C14H12ClN3O2. The summed E-state index contributed by atoms with van der Waals surface area (Å²) in [6.45, 7) is 0. The molecule has 0 bridgehead atoms. The summed E-state index contributed by atoms with van der Waals surface area (Å²) >= 11 is 6.04. The van der Waals surface area contributed by atoms with Crippen molar-refractivity contribution in [2.24, 2.45) is 0 Å². The Labute approximate surface area is 121 Å². The molecule has 0 atom stereocenters. The van der Waals surface area contributed by atoms with E-state index in [9.17, 15) is 0 Å². The quantitative estimate of drug-likeness (QED) is 0.934. The average molecular weight is 290 g/mol. The number of pyridine rings is 1. The first-order chi connectivity index (χ1) is 9.69. The van der Waals surface area contributed by atoms with Crippen LogP contribution in [0, 0.1) is 11.3 Å². The average Bonchev–Trinajstić information content (AvgIpc) is 2.49. The van der Waals surface area contributed by atoms with Crippen molar-refractivity contribution in [3.63, 3.8) is 0 Å². The summed E-state index contributed by atoms with van der Waals surface area (Å²) in [4.78, 5) is 4.14. The van der Waals surface area contributed by atoms with E-state index in [0.717, 1.165) is 0 Å². The number of anilines is 2. The highest BCUT2D eigenvalue weighted by molar-refractivity contribution is 6.32. The highest BCUT2D eigenvalue weighted by atomic mass is 35.5. The first-order valence-corrected chi connectivity index (χ1v) is 6.11. The fraction of sp³-hybridized carbons (Fsp3) is 0.143. The smallest absolute Gasteiger partial charge is 0.148 e. The largest absolute Gasteiger partial charge is 0.495 e. The van der Waals surface area contributed by atoms with Gasteiger partial charge in [0.05, 0.1) is 30.5 Å². The first kappa shape index (κ1) is 14.0. The number of rotatable bonds is 4. The summed E-state index contributed by atoms with van der Waals surface area (Å²) in [6, 6.07) is 8.77. The van der Waals surface area contributed by atoms with E-state index in [1.807, 2.05) is 0 Å². The standard InChI is InChI=1S/C14H12ClN3O2/c1-19-12-7-11(13(20-2)6-10(12)15)18-14-9(8-16)4-3-5-17-14/h3-7H,1-2H3,(H,17,18). The van der Waals surface area contributed by atoms with Gasteiger partial charge in [-0.2, -0.15) is 5.26 Å². The second-order valence-electron chi connectivity index (χ2n) is 3.82. The molecule has 0 radical (unpaired) electrons. The molecule has 0 aliphatic heterocycles. The number of ether oxygens (including phenoxy) is 2. The number of nitriles is 1. The monoisotopic (exact) mass is 289 g/mol. The third-order valence-electron chi connectivity index (χ3n) is 2.66. The van der Waals surface area contributed by atoms with Gasteiger partial charge in [0.15, 0.2) is 0 Å². The maximum absolute atomic E-state index is 9.06. The van der Waals surface area contributed by atoms with Gasteiger partial charge in [-0.25, -0.2) is 4.98 Å². The molecule has 0 saturated heterocycles. The van der Waals surface area contributed by atoms with E-state index in [-0.39, 0.29) is 0 Å². The molecule has 0 unspecified atom stereocenters. The molecule has 2 aromatic rings. The number of nitrogens with zero attached hydrogens (tertiary/aromatic N) is 2. The van der Waals surface area contributed by atoms with Crippen LogP contribution < -0.4 is 14.8 Å². The Bertz CT molecular complexity index is 668. The SMILES string of the molecule is COc1cc(Nc2ncccc2C#N)c(OC)cc1Cl. The zero-order valence-corrected chi connectivity index (χ0v) is 11.7. The minimum Gasteiger partial charge on any atom is -0.495 e. The summed E-state index contributed by atoms with van der Waals surface area (Å²) in [6.07, 6.45) is 1.60. The lowest BCUT2D eigenvalue weighted by atomic mass is 10.2. The van der Waals surface area contributed by atoms with Gasteiger partial charge in [-0.15, -0.1) is 0 Å². The fourth-order valence-corrected chi connectivity index (χ4v) is 1.91. The van der Waals surface area contributed by atoms with Crippen LogP contribution in [0.3, 0.4) is 0 Å². The van der Waals surface area contributed by atoms with Crippen molar-refractivity contribution in [3.8, 4) is 17.6 Å². The van der Waals surface area contributed by atoms with Crippen LogP contribution in [0.5, 0.6) is 11.5 Å². The predicted octanol–water partition coefficient (Wildman–Crippen LogP) is 3.37. The fourth-order valence-electron chi connectivity index (χ4n) is 1.68. The topological polar surface area (TPSA) is 67.2 Å². The molecule has 1 aromatic carbocycles. The molecule has 5 nitrogen and oxygen atoms in total. The number of hydrogen-bond donors (Lipinski definition) is 1. The molecule has 0 aliphatic carbocycles. The van der Waals surface area contributed by atoms with Crippen molar-refractivity contribution in [2.75, 3.05) is 19.5 Å². The third-order valence-corrected chi connectivity index (χ3v) is 2.95. The molecule has 2 rings (SSSR count). The van der Waals surface area contributed by atoms with Gasteiger partial charge in [0.2, 0.25) is 0 Å². The second-order valence-corrected chi connectivity index (χ2v) is 4.23. The highest BCUT2D eigenvalue weighted by Crippen LogP contribution is 2.37. The summed E-state index contributed by atoms with van der Waals surface area (Å²) in [5.41, 5.74) is 1.05. The Balaban J connectivity index is 2.45.